The molecule has 28 heavy (non-hydrogen) atoms. The maximum atomic E-state index is 12.6. The zero-order chi connectivity index (χ0) is 21.3. The summed E-state index contributed by atoms with van der Waals surface area (Å²) in [6.45, 7) is 0.803. The van der Waals surface area contributed by atoms with E-state index in [1.807, 2.05) is 0 Å². The highest BCUT2D eigenvalue weighted by molar-refractivity contribution is 7.80. The highest BCUT2D eigenvalue weighted by atomic mass is 32.1. The Morgan fingerprint density at radius 2 is 1.68 bits per heavy atom. The van der Waals surface area contributed by atoms with Crippen molar-refractivity contribution >= 4 is 36.3 Å². The number of nitrogens with two attached hydrogens (primary N) is 1. The minimum atomic E-state index is -1.22. The van der Waals surface area contributed by atoms with Gasteiger partial charge >= 0.3 is 5.97 Å². The van der Waals surface area contributed by atoms with Gasteiger partial charge in [0.05, 0.1) is 6.04 Å². The summed E-state index contributed by atoms with van der Waals surface area (Å²) < 4.78 is 0. The molecular weight excluding hydrogens is 388 g/mol. The average molecular weight is 412 g/mol. The predicted molar refractivity (Wildman–Crippen MR) is 104 cm³/mol. The first-order chi connectivity index (χ1) is 13.1. The van der Waals surface area contributed by atoms with E-state index in [2.05, 4.69) is 28.6 Å². The Hall–Kier alpha value is -2.79. The van der Waals surface area contributed by atoms with E-state index in [9.17, 15) is 24.3 Å². The molecule has 0 aromatic heterocycles. The van der Waals surface area contributed by atoms with Crippen LogP contribution in [0.15, 0.2) is 24.3 Å². The molecule has 11 heteroatoms. The third-order valence-electron chi connectivity index (χ3n) is 3.71. The Labute approximate surface area is 167 Å². The molecule has 0 saturated heterocycles. The van der Waals surface area contributed by atoms with Gasteiger partial charge in [-0.3, -0.25) is 19.2 Å². The largest absolute Gasteiger partial charge is 0.508 e. The van der Waals surface area contributed by atoms with E-state index in [-0.39, 0.29) is 17.9 Å². The zero-order valence-electron chi connectivity index (χ0n) is 15.2. The molecule has 1 aromatic carbocycles. The molecule has 0 saturated carbocycles. The fourth-order valence-electron chi connectivity index (χ4n) is 2.13. The number of aromatic hydroxyl groups is 1. The van der Waals surface area contributed by atoms with Crippen molar-refractivity contribution in [2.45, 2.75) is 31.5 Å². The number of hydrogen-bond donors (Lipinski definition) is 7. The van der Waals surface area contributed by atoms with Crippen LogP contribution in [0.2, 0.25) is 0 Å². The summed E-state index contributed by atoms with van der Waals surface area (Å²) in [6.07, 6.45) is 0.0839. The third kappa shape index (κ3) is 7.84. The number of aliphatic carboxylic acids is 1. The second kappa shape index (κ2) is 11.1. The lowest BCUT2D eigenvalue weighted by atomic mass is 10.0. The van der Waals surface area contributed by atoms with Crippen molar-refractivity contribution in [3.05, 3.63) is 29.8 Å². The van der Waals surface area contributed by atoms with Gasteiger partial charge in [-0.25, -0.2) is 0 Å². The van der Waals surface area contributed by atoms with Crippen molar-refractivity contribution in [3.63, 3.8) is 0 Å². The molecule has 0 aliphatic carbocycles. The number of phenols is 1. The molecule has 7 N–H and O–H groups in total. The lowest BCUT2D eigenvalue weighted by Gasteiger charge is -2.22. The standard InChI is InChI=1S/C17H24N4O6S/c1-9(15(25)19-7-14(23)24)20-17(27)13(21-16(26)12(18)8-28)6-10-2-4-11(22)5-3-10/h2-5,9,12-13,22,28H,6-8,18H2,1H3,(H,19,25)(H,20,27)(H,21,26)(H,23,24). The molecule has 10 nitrogen and oxygen atoms in total. The zero-order valence-corrected chi connectivity index (χ0v) is 16.1. The topological polar surface area (TPSA) is 171 Å². The van der Waals surface area contributed by atoms with Gasteiger partial charge in [0.25, 0.3) is 0 Å². The molecule has 1 aromatic rings. The summed E-state index contributed by atoms with van der Waals surface area (Å²) in [5, 5.41) is 25.0. The van der Waals surface area contributed by atoms with Crippen molar-refractivity contribution in [2.24, 2.45) is 5.73 Å². The van der Waals surface area contributed by atoms with E-state index in [1.165, 1.54) is 19.1 Å². The summed E-state index contributed by atoms with van der Waals surface area (Å²) in [6, 6.07) is 3.06. The molecule has 0 heterocycles. The second-order valence-electron chi connectivity index (χ2n) is 6.06. The summed E-state index contributed by atoms with van der Waals surface area (Å²) in [4.78, 5) is 47.0. The molecule has 0 fully saturated rings. The smallest absolute Gasteiger partial charge is 0.322 e. The van der Waals surface area contributed by atoms with E-state index in [0.29, 0.717) is 5.56 Å². The predicted octanol–water partition coefficient (Wildman–Crippen LogP) is -1.62. The monoisotopic (exact) mass is 412 g/mol. The number of benzene rings is 1. The Morgan fingerprint density at radius 3 is 2.21 bits per heavy atom. The molecule has 3 amide bonds. The van der Waals surface area contributed by atoms with Crippen LogP contribution in [0.4, 0.5) is 0 Å². The van der Waals surface area contributed by atoms with Gasteiger partial charge in [0.2, 0.25) is 17.7 Å². The molecular formula is C17H24N4O6S. The fraction of sp³-hybridized carbons (Fsp3) is 0.412. The number of carboxylic acid groups (broad SMARTS) is 1. The van der Waals surface area contributed by atoms with E-state index >= 15 is 0 Å². The van der Waals surface area contributed by atoms with E-state index in [4.69, 9.17) is 10.8 Å². The van der Waals surface area contributed by atoms with Gasteiger partial charge in [-0.1, -0.05) is 12.1 Å². The molecule has 154 valence electrons. The first-order valence-electron chi connectivity index (χ1n) is 8.38. The normalized spacial score (nSPS) is 13.7. The SMILES string of the molecule is CC(NC(=O)C(Cc1ccc(O)cc1)NC(=O)C(N)CS)C(=O)NCC(=O)O. The Kier molecular flexibility index (Phi) is 9.25. The van der Waals surface area contributed by atoms with Crippen LogP contribution in [0.1, 0.15) is 12.5 Å². The number of hydrogen-bond acceptors (Lipinski definition) is 7. The second-order valence-corrected chi connectivity index (χ2v) is 6.43. The van der Waals surface area contributed by atoms with Gasteiger partial charge in [0, 0.05) is 12.2 Å². The number of amides is 3. The van der Waals surface area contributed by atoms with Crippen molar-refractivity contribution in [1.82, 2.24) is 16.0 Å². The van der Waals surface area contributed by atoms with Crippen LogP contribution in [-0.2, 0) is 25.6 Å². The Balaban J connectivity index is 2.85. The number of phenolic OH excluding ortho intramolecular Hbond substituents is 1. The molecule has 0 aliphatic heterocycles. The quantitative estimate of drug-likeness (QED) is 0.226. The van der Waals surface area contributed by atoms with Crippen LogP contribution in [0, 0.1) is 0 Å². The number of carbonyl (C=O) groups excluding carboxylic acids is 3. The highest BCUT2D eigenvalue weighted by Crippen LogP contribution is 2.11. The number of carbonyl (C=O) groups is 4. The van der Waals surface area contributed by atoms with Crippen LogP contribution in [0.25, 0.3) is 0 Å². The van der Waals surface area contributed by atoms with Crippen molar-refractivity contribution < 1.29 is 29.4 Å². The lowest BCUT2D eigenvalue weighted by Crippen LogP contribution is -2.56. The number of nitrogens with one attached hydrogen (secondary N) is 3. The molecule has 0 spiro atoms. The van der Waals surface area contributed by atoms with Crippen LogP contribution in [0.5, 0.6) is 5.75 Å². The van der Waals surface area contributed by atoms with Gasteiger partial charge in [0.15, 0.2) is 0 Å². The van der Waals surface area contributed by atoms with Gasteiger partial charge in [0.1, 0.15) is 24.4 Å². The Bertz CT molecular complexity index is 712. The molecule has 0 aliphatic rings. The van der Waals surface area contributed by atoms with Crippen LogP contribution < -0.4 is 21.7 Å². The minimum absolute atomic E-state index is 0.0506. The first-order valence-corrected chi connectivity index (χ1v) is 9.01. The van der Waals surface area contributed by atoms with Gasteiger partial charge in [-0.2, -0.15) is 12.6 Å². The van der Waals surface area contributed by atoms with E-state index < -0.39 is 48.4 Å². The summed E-state index contributed by atoms with van der Waals surface area (Å²) in [7, 11) is 0. The molecule has 3 atom stereocenters. The maximum Gasteiger partial charge on any atom is 0.322 e. The highest BCUT2D eigenvalue weighted by Gasteiger charge is 2.26. The van der Waals surface area contributed by atoms with Crippen molar-refractivity contribution in [3.8, 4) is 5.75 Å². The molecule has 1 rings (SSSR count). The number of thiol groups is 1. The first kappa shape index (κ1) is 23.2. The van der Waals surface area contributed by atoms with E-state index in [1.54, 1.807) is 12.1 Å². The third-order valence-corrected chi connectivity index (χ3v) is 4.10. The van der Waals surface area contributed by atoms with E-state index in [0.717, 1.165) is 0 Å². The summed E-state index contributed by atoms with van der Waals surface area (Å²) >= 11 is 3.95. The van der Waals surface area contributed by atoms with Crippen LogP contribution in [-0.4, -0.2) is 64.3 Å². The van der Waals surface area contributed by atoms with Gasteiger partial charge < -0.3 is 31.9 Å². The minimum Gasteiger partial charge on any atom is -0.508 e. The molecule has 0 bridgehead atoms. The van der Waals surface area contributed by atoms with Crippen LogP contribution >= 0.6 is 12.6 Å². The Morgan fingerprint density at radius 1 is 1.07 bits per heavy atom. The molecule has 0 radical (unpaired) electrons. The average Bonchev–Trinajstić information content (AvgIpc) is 2.66. The van der Waals surface area contributed by atoms with Gasteiger partial charge in [-0.05, 0) is 24.6 Å². The maximum absolute atomic E-state index is 12.6. The number of rotatable bonds is 10. The van der Waals surface area contributed by atoms with Gasteiger partial charge in [-0.15, -0.1) is 0 Å². The summed E-state index contributed by atoms with van der Waals surface area (Å²) in [5.41, 5.74) is 6.28. The molecule has 3 unspecified atom stereocenters. The number of carboxylic acids is 1. The fourth-order valence-corrected chi connectivity index (χ4v) is 2.30. The van der Waals surface area contributed by atoms with Crippen LogP contribution in [0.3, 0.4) is 0 Å². The lowest BCUT2D eigenvalue weighted by molar-refractivity contribution is -0.138. The van der Waals surface area contributed by atoms with Crippen molar-refractivity contribution in [2.75, 3.05) is 12.3 Å². The summed E-state index contributed by atoms with van der Waals surface area (Å²) in [5.74, 6) is -3.01. The van der Waals surface area contributed by atoms with Crippen molar-refractivity contribution in [1.29, 1.82) is 0 Å².